The number of nitrogens with one attached hydrogen (secondary N) is 1. The van der Waals surface area contributed by atoms with Gasteiger partial charge in [0.05, 0.1) is 18.8 Å². The van der Waals surface area contributed by atoms with Crippen LogP contribution in [0.25, 0.3) is 0 Å². The number of carbonyl (C=O) groups excluding carboxylic acids is 1. The van der Waals surface area contributed by atoms with Crippen LogP contribution in [0.3, 0.4) is 0 Å². The number of piperidine rings is 1. The van der Waals surface area contributed by atoms with Gasteiger partial charge in [-0.3, -0.25) is 4.79 Å². The van der Waals surface area contributed by atoms with E-state index in [1.54, 1.807) is 31.4 Å². The third-order valence-electron chi connectivity index (χ3n) is 4.08. The van der Waals surface area contributed by atoms with E-state index in [1.165, 1.54) is 4.31 Å². The summed E-state index contributed by atoms with van der Waals surface area (Å²) in [6.45, 7) is 1.46. The van der Waals surface area contributed by atoms with Crippen molar-refractivity contribution in [3.05, 3.63) is 29.8 Å². The van der Waals surface area contributed by atoms with E-state index < -0.39 is 10.0 Å². The number of benzene rings is 1. The molecule has 0 saturated carbocycles. The summed E-state index contributed by atoms with van der Waals surface area (Å²) in [6.07, 6.45) is 1.37. The molecule has 1 aliphatic rings. The topological polar surface area (TPSA) is 102 Å². The van der Waals surface area contributed by atoms with E-state index in [1.807, 2.05) is 0 Å². The van der Waals surface area contributed by atoms with Gasteiger partial charge in [-0.05, 0) is 30.5 Å². The van der Waals surface area contributed by atoms with Gasteiger partial charge in [-0.15, -0.1) is 0 Å². The highest BCUT2D eigenvalue weighted by Gasteiger charge is 2.32. The number of carbonyl (C=O) groups is 1. The van der Waals surface area contributed by atoms with E-state index in [4.69, 9.17) is 10.5 Å². The SMILES string of the molecule is COc1cccc(CS(=O)(=O)N2CCCC(C(=O)NCCN)C2)c1. The van der Waals surface area contributed by atoms with E-state index in [0.29, 0.717) is 43.8 Å². The molecule has 1 aromatic carbocycles. The number of sulfonamides is 1. The number of nitrogens with two attached hydrogens (primary N) is 1. The van der Waals surface area contributed by atoms with Crippen LogP contribution in [0.1, 0.15) is 18.4 Å². The highest BCUT2D eigenvalue weighted by molar-refractivity contribution is 7.88. The highest BCUT2D eigenvalue weighted by atomic mass is 32.2. The average Bonchev–Trinajstić information content (AvgIpc) is 2.59. The molecule has 1 fully saturated rings. The molecule has 0 aromatic heterocycles. The zero-order chi connectivity index (χ0) is 17.6. The average molecular weight is 355 g/mol. The predicted octanol–water partition coefficient (Wildman–Crippen LogP) is 0.312. The quantitative estimate of drug-likeness (QED) is 0.733. The normalized spacial score (nSPS) is 19.0. The second-order valence-electron chi connectivity index (χ2n) is 5.88. The fraction of sp³-hybridized carbons (Fsp3) is 0.562. The van der Waals surface area contributed by atoms with Gasteiger partial charge in [0.15, 0.2) is 0 Å². The van der Waals surface area contributed by atoms with Crippen LogP contribution in [0.5, 0.6) is 5.75 Å². The zero-order valence-corrected chi connectivity index (χ0v) is 14.7. The summed E-state index contributed by atoms with van der Waals surface area (Å²) < 4.78 is 31.9. The maximum atomic E-state index is 12.7. The van der Waals surface area contributed by atoms with Crippen molar-refractivity contribution in [2.45, 2.75) is 18.6 Å². The van der Waals surface area contributed by atoms with Crippen molar-refractivity contribution in [3.63, 3.8) is 0 Å². The van der Waals surface area contributed by atoms with Gasteiger partial charge in [0.25, 0.3) is 0 Å². The van der Waals surface area contributed by atoms with Gasteiger partial charge in [-0.1, -0.05) is 12.1 Å². The second-order valence-corrected chi connectivity index (χ2v) is 7.85. The van der Waals surface area contributed by atoms with E-state index in [2.05, 4.69) is 5.32 Å². The Morgan fingerprint density at radius 1 is 1.46 bits per heavy atom. The molecule has 1 saturated heterocycles. The Morgan fingerprint density at radius 3 is 2.96 bits per heavy atom. The Labute approximate surface area is 143 Å². The maximum Gasteiger partial charge on any atom is 0.224 e. The zero-order valence-electron chi connectivity index (χ0n) is 13.9. The summed E-state index contributed by atoms with van der Waals surface area (Å²) in [7, 11) is -1.93. The summed E-state index contributed by atoms with van der Waals surface area (Å²) in [4.78, 5) is 12.1. The van der Waals surface area contributed by atoms with Crippen molar-refractivity contribution in [3.8, 4) is 5.75 Å². The van der Waals surface area contributed by atoms with Crippen LogP contribution in [0.2, 0.25) is 0 Å². The summed E-state index contributed by atoms with van der Waals surface area (Å²) in [5, 5.41) is 2.74. The van der Waals surface area contributed by atoms with Gasteiger partial charge >= 0.3 is 0 Å². The van der Waals surface area contributed by atoms with Crippen LogP contribution in [-0.4, -0.2) is 51.9 Å². The largest absolute Gasteiger partial charge is 0.497 e. The van der Waals surface area contributed by atoms with E-state index in [9.17, 15) is 13.2 Å². The third kappa shape index (κ3) is 4.93. The third-order valence-corrected chi connectivity index (χ3v) is 5.89. The lowest BCUT2D eigenvalue weighted by atomic mass is 9.99. The van der Waals surface area contributed by atoms with Crippen LogP contribution in [0, 0.1) is 5.92 Å². The predicted molar refractivity (Wildman–Crippen MR) is 92.0 cm³/mol. The fourth-order valence-electron chi connectivity index (χ4n) is 2.81. The Bertz CT molecular complexity index is 663. The Hall–Kier alpha value is -1.64. The first-order valence-corrected chi connectivity index (χ1v) is 9.65. The van der Waals surface area contributed by atoms with E-state index in [-0.39, 0.29) is 24.1 Å². The molecule has 0 bridgehead atoms. The van der Waals surface area contributed by atoms with Crippen LogP contribution in [-0.2, 0) is 20.6 Å². The molecule has 0 radical (unpaired) electrons. The summed E-state index contributed by atoms with van der Waals surface area (Å²) in [6, 6.07) is 7.01. The standard InChI is InChI=1S/C16H25N3O4S/c1-23-15-6-2-4-13(10-15)12-24(21,22)19-9-3-5-14(11-19)16(20)18-8-7-17/h2,4,6,10,14H,3,5,7-9,11-12,17H2,1H3,(H,18,20). The van der Waals surface area contributed by atoms with Gasteiger partial charge in [0, 0.05) is 26.2 Å². The number of amides is 1. The molecule has 1 unspecified atom stereocenters. The molecule has 8 heteroatoms. The number of hydrogen-bond acceptors (Lipinski definition) is 5. The van der Waals surface area contributed by atoms with Crippen molar-refractivity contribution < 1.29 is 17.9 Å². The lowest BCUT2D eigenvalue weighted by molar-refractivity contribution is -0.126. The van der Waals surface area contributed by atoms with Crippen molar-refractivity contribution in [2.24, 2.45) is 11.7 Å². The van der Waals surface area contributed by atoms with Gasteiger partial charge in [0.1, 0.15) is 5.75 Å². The minimum atomic E-state index is -3.48. The molecule has 1 heterocycles. The van der Waals surface area contributed by atoms with Gasteiger partial charge in [-0.2, -0.15) is 0 Å². The molecule has 1 atom stereocenters. The molecule has 0 spiro atoms. The molecule has 134 valence electrons. The Kier molecular flexibility index (Phi) is 6.59. The molecule has 2 rings (SSSR count). The second kappa shape index (κ2) is 8.46. The van der Waals surface area contributed by atoms with Crippen molar-refractivity contribution in [2.75, 3.05) is 33.3 Å². The lowest BCUT2D eigenvalue weighted by Crippen LogP contribution is -2.46. The molecule has 3 N–H and O–H groups in total. The van der Waals surface area contributed by atoms with Crippen molar-refractivity contribution in [1.29, 1.82) is 0 Å². The van der Waals surface area contributed by atoms with Crippen LogP contribution in [0.15, 0.2) is 24.3 Å². The molecule has 0 aliphatic carbocycles. The fourth-order valence-corrected chi connectivity index (χ4v) is 4.41. The first-order valence-electron chi connectivity index (χ1n) is 8.05. The Balaban J connectivity index is 2.03. The number of rotatable bonds is 7. The van der Waals surface area contributed by atoms with Crippen molar-refractivity contribution in [1.82, 2.24) is 9.62 Å². The van der Waals surface area contributed by atoms with Gasteiger partial charge in [-0.25, -0.2) is 12.7 Å². The molecular weight excluding hydrogens is 330 g/mol. The van der Waals surface area contributed by atoms with Gasteiger partial charge < -0.3 is 15.8 Å². The molecule has 1 aliphatic heterocycles. The molecular formula is C16H25N3O4S. The first kappa shape index (κ1) is 18.7. The number of methoxy groups -OCH3 is 1. The first-order chi connectivity index (χ1) is 11.5. The molecule has 1 amide bonds. The maximum absolute atomic E-state index is 12.7. The van der Waals surface area contributed by atoms with E-state index in [0.717, 1.165) is 0 Å². The molecule has 24 heavy (non-hydrogen) atoms. The number of hydrogen-bond donors (Lipinski definition) is 2. The molecule has 1 aromatic rings. The minimum absolute atomic E-state index is 0.0959. The summed E-state index contributed by atoms with van der Waals surface area (Å²) >= 11 is 0. The van der Waals surface area contributed by atoms with Crippen LogP contribution < -0.4 is 15.8 Å². The van der Waals surface area contributed by atoms with E-state index >= 15 is 0 Å². The minimum Gasteiger partial charge on any atom is -0.497 e. The Morgan fingerprint density at radius 2 is 2.25 bits per heavy atom. The van der Waals surface area contributed by atoms with Gasteiger partial charge in [0.2, 0.25) is 15.9 Å². The number of nitrogens with zero attached hydrogens (tertiary/aromatic N) is 1. The monoisotopic (exact) mass is 355 g/mol. The highest BCUT2D eigenvalue weighted by Crippen LogP contribution is 2.22. The summed E-state index contributed by atoms with van der Waals surface area (Å²) in [5.74, 6) is 0.0916. The smallest absolute Gasteiger partial charge is 0.224 e. The van der Waals surface area contributed by atoms with Crippen LogP contribution in [0.4, 0.5) is 0 Å². The molecule has 7 nitrogen and oxygen atoms in total. The summed E-state index contributed by atoms with van der Waals surface area (Å²) in [5.41, 5.74) is 6.05. The van der Waals surface area contributed by atoms with Crippen LogP contribution >= 0.6 is 0 Å². The number of ether oxygens (including phenoxy) is 1. The lowest BCUT2D eigenvalue weighted by Gasteiger charge is -2.31. The van der Waals surface area contributed by atoms with Crippen molar-refractivity contribution >= 4 is 15.9 Å².